The molecule has 0 aliphatic heterocycles. The maximum Gasteiger partial charge on any atom is 0.151 e. The van der Waals surface area contributed by atoms with Crippen molar-refractivity contribution in [1.82, 2.24) is 0 Å². The van der Waals surface area contributed by atoms with Crippen LogP contribution in [0.4, 0.5) is 0 Å². The molecular weight excluding hydrogens is 298 g/mol. The lowest BCUT2D eigenvalue weighted by molar-refractivity contribution is -0.116. The van der Waals surface area contributed by atoms with Gasteiger partial charge in [0.2, 0.25) is 0 Å². The maximum absolute atomic E-state index is 11.1. The van der Waals surface area contributed by atoms with E-state index in [0.717, 1.165) is 14.7 Å². The molecule has 0 fully saturated rings. The van der Waals surface area contributed by atoms with E-state index in [1.807, 2.05) is 25.1 Å². The standard InChI is InChI=1S/C10H10ClIO/c1-7-2-3-9(12)4-8(7)5-10(13)6-11/h2-4H,5-6H2,1H3. The fourth-order valence-electron chi connectivity index (χ4n) is 1.09. The predicted octanol–water partition coefficient (Wildman–Crippen LogP) is 2.95. The number of hydrogen-bond acceptors (Lipinski definition) is 1. The quantitative estimate of drug-likeness (QED) is 0.620. The summed E-state index contributed by atoms with van der Waals surface area (Å²) in [5.74, 6) is 0.178. The summed E-state index contributed by atoms with van der Waals surface area (Å²) in [6, 6.07) is 6.09. The molecule has 0 radical (unpaired) electrons. The molecule has 3 heteroatoms. The zero-order valence-electron chi connectivity index (χ0n) is 7.31. The van der Waals surface area contributed by atoms with E-state index in [0.29, 0.717) is 6.42 Å². The molecule has 0 unspecified atom stereocenters. The minimum Gasteiger partial charge on any atom is -0.298 e. The second-order valence-corrected chi connectivity index (χ2v) is 4.43. The molecule has 0 heterocycles. The molecule has 0 aliphatic rings. The Morgan fingerprint density at radius 2 is 2.23 bits per heavy atom. The molecule has 13 heavy (non-hydrogen) atoms. The van der Waals surface area contributed by atoms with Gasteiger partial charge in [-0.1, -0.05) is 6.07 Å². The van der Waals surface area contributed by atoms with Gasteiger partial charge in [-0.05, 0) is 52.8 Å². The van der Waals surface area contributed by atoms with Gasteiger partial charge in [-0.2, -0.15) is 0 Å². The summed E-state index contributed by atoms with van der Waals surface area (Å²) in [5, 5.41) is 0. The lowest BCUT2D eigenvalue weighted by Crippen LogP contribution is -2.05. The molecule has 1 aromatic rings. The monoisotopic (exact) mass is 308 g/mol. The van der Waals surface area contributed by atoms with Crippen LogP contribution in [0, 0.1) is 10.5 Å². The van der Waals surface area contributed by atoms with Gasteiger partial charge < -0.3 is 0 Å². The van der Waals surface area contributed by atoms with Crippen LogP contribution >= 0.6 is 34.2 Å². The van der Waals surface area contributed by atoms with E-state index in [4.69, 9.17) is 11.6 Å². The van der Waals surface area contributed by atoms with Crippen molar-refractivity contribution in [3.63, 3.8) is 0 Å². The highest BCUT2D eigenvalue weighted by Crippen LogP contribution is 2.13. The Morgan fingerprint density at radius 3 is 2.85 bits per heavy atom. The third-order valence-corrected chi connectivity index (χ3v) is 2.82. The van der Waals surface area contributed by atoms with Crippen molar-refractivity contribution in [2.45, 2.75) is 13.3 Å². The first-order chi connectivity index (χ1) is 6.13. The predicted molar refractivity (Wildman–Crippen MR) is 63.3 cm³/mol. The van der Waals surface area contributed by atoms with Crippen LogP contribution in [0.2, 0.25) is 0 Å². The molecule has 0 N–H and O–H groups in total. The highest BCUT2D eigenvalue weighted by Gasteiger charge is 2.04. The van der Waals surface area contributed by atoms with Crippen LogP contribution in [-0.4, -0.2) is 11.7 Å². The van der Waals surface area contributed by atoms with Crippen LogP contribution in [0.15, 0.2) is 18.2 Å². The van der Waals surface area contributed by atoms with Crippen molar-refractivity contribution < 1.29 is 4.79 Å². The summed E-state index contributed by atoms with van der Waals surface area (Å²) in [6.07, 6.45) is 0.451. The van der Waals surface area contributed by atoms with Gasteiger partial charge in [-0.15, -0.1) is 11.6 Å². The SMILES string of the molecule is Cc1ccc(I)cc1CC(=O)CCl. The number of benzene rings is 1. The van der Waals surface area contributed by atoms with E-state index in [2.05, 4.69) is 22.6 Å². The molecule has 0 aromatic heterocycles. The van der Waals surface area contributed by atoms with Gasteiger partial charge in [0.05, 0.1) is 5.88 Å². The molecule has 1 rings (SSSR count). The second kappa shape index (κ2) is 4.96. The van der Waals surface area contributed by atoms with Crippen LogP contribution in [0.1, 0.15) is 11.1 Å². The lowest BCUT2D eigenvalue weighted by Gasteiger charge is -2.04. The fourth-order valence-corrected chi connectivity index (χ4v) is 1.74. The molecule has 70 valence electrons. The van der Waals surface area contributed by atoms with E-state index in [1.165, 1.54) is 0 Å². The number of hydrogen-bond donors (Lipinski definition) is 0. The molecule has 0 saturated heterocycles. The Hall–Kier alpha value is -0.0900. The molecule has 0 atom stereocenters. The number of rotatable bonds is 3. The minimum atomic E-state index is 0.0757. The molecular formula is C10H10ClIO. The summed E-state index contributed by atoms with van der Waals surface area (Å²) in [7, 11) is 0. The highest BCUT2D eigenvalue weighted by atomic mass is 127. The van der Waals surface area contributed by atoms with E-state index in [-0.39, 0.29) is 11.7 Å². The number of Topliss-reactive ketones (excluding diaryl/α,β-unsaturated/α-hetero) is 1. The average molecular weight is 309 g/mol. The Labute approximate surface area is 96.6 Å². The topological polar surface area (TPSA) is 17.1 Å². The number of halogens is 2. The third-order valence-electron chi connectivity index (χ3n) is 1.85. The van der Waals surface area contributed by atoms with Crippen molar-refractivity contribution >= 4 is 40.0 Å². The van der Waals surface area contributed by atoms with E-state index in [9.17, 15) is 4.79 Å². The van der Waals surface area contributed by atoms with E-state index >= 15 is 0 Å². The van der Waals surface area contributed by atoms with Crippen LogP contribution in [-0.2, 0) is 11.2 Å². The van der Waals surface area contributed by atoms with Gasteiger partial charge in [0.1, 0.15) is 0 Å². The molecule has 0 bridgehead atoms. The number of ketones is 1. The number of aryl methyl sites for hydroxylation is 1. The Kier molecular flexibility index (Phi) is 4.19. The zero-order chi connectivity index (χ0) is 9.84. The normalized spacial score (nSPS) is 10.1. The third kappa shape index (κ3) is 3.27. The minimum absolute atomic E-state index is 0.0757. The second-order valence-electron chi connectivity index (χ2n) is 2.92. The Balaban J connectivity index is 2.87. The molecule has 0 amide bonds. The Morgan fingerprint density at radius 1 is 1.54 bits per heavy atom. The number of alkyl halides is 1. The zero-order valence-corrected chi connectivity index (χ0v) is 10.2. The first kappa shape index (κ1) is 11.0. The van der Waals surface area contributed by atoms with Gasteiger partial charge in [0, 0.05) is 9.99 Å². The number of carbonyl (C=O) groups excluding carboxylic acids is 1. The van der Waals surface area contributed by atoms with Gasteiger partial charge in [-0.25, -0.2) is 0 Å². The first-order valence-corrected chi connectivity index (χ1v) is 5.57. The average Bonchev–Trinajstić information content (AvgIpc) is 2.11. The van der Waals surface area contributed by atoms with Gasteiger partial charge >= 0.3 is 0 Å². The van der Waals surface area contributed by atoms with Crippen molar-refractivity contribution in [3.8, 4) is 0 Å². The van der Waals surface area contributed by atoms with E-state index in [1.54, 1.807) is 0 Å². The molecule has 1 nitrogen and oxygen atoms in total. The summed E-state index contributed by atoms with van der Waals surface area (Å²) in [5.41, 5.74) is 2.23. The van der Waals surface area contributed by atoms with Crippen molar-refractivity contribution in [3.05, 3.63) is 32.9 Å². The fraction of sp³-hybridized carbons (Fsp3) is 0.300. The van der Waals surface area contributed by atoms with Crippen molar-refractivity contribution in [1.29, 1.82) is 0 Å². The van der Waals surface area contributed by atoms with Crippen LogP contribution in [0.25, 0.3) is 0 Å². The first-order valence-electron chi connectivity index (χ1n) is 3.96. The molecule has 0 aliphatic carbocycles. The van der Waals surface area contributed by atoms with Crippen LogP contribution in [0.5, 0.6) is 0 Å². The Bertz CT molecular complexity index is 323. The van der Waals surface area contributed by atoms with Gasteiger partial charge in [0.15, 0.2) is 5.78 Å². The van der Waals surface area contributed by atoms with Crippen LogP contribution in [0.3, 0.4) is 0 Å². The smallest absolute Gasteiger partial charge is 0.151 e. The van der Waals surface area contributed by atoms with Crippen LogP contribution < -0.4 is 0 Å². The molecule has 0 saturated carbocycles. The summed E-state index contributed by atoms with van der Waals surface area (Å²) in [6.45, 7) is 2.01. The largest absolute Gasteiger partial charge is 0.298 e. The highest BCUT2D eigenvalue weighted by molar-refractivity contribution is 14.1. The lowest BCUT2D eigenvalue weighted by atomic mass is 10.0. The summed E-state index contributed by atoms with van der Waals surface area (Å²) < 4.78 is 1.15. The van der Waals surface area contributed by atoms with Crippen molar-refractivity contribution in [2.75, 3.05) is 5.88 Å². The van der Waals surface area contributed by atoms with Gasteiger partial charge in [0.25, 0.3) is 0 Å². The summed E-state index contributed by atoms with van der Waals surface area (Å²) in [4.78, 5) is 11.1. The van der Waals surface area contributed by atoms with E-state index < -0.39 is 0 Å². The molecule has 0 spiro atoms. The van der Waals surface area contributed by atoms with Crippen molar-refractivity contribution in [2.24, 2.45) is 0 Å². The molecule has 1 aromatic carbocycles. The summed E-state index contributed by atoms with van der Waals surface area (Å²) >= 11 is 7.68. The number of carbonyl (C=O) groups is 1. The maximum atomic E-state index is 11.1. The van der Waals surface area contributed by atoms with Gasteiger partial charge in [-0.3, -0.25) is 4.79 Å².